The van der Waals surface area contributed by atoms with E-state index in [1.54, 1.807) is 0 Å². The van der Waals surface area contributed by atoms with Gasteiger partial charge in [0.25, 0.3) is 0 Å². The number of carbonyl (C=O) groups excluding carboxylic acids is 2. The van der Waals surface area contributed by atoms with Gasteiger partial charge in [-0.25, -0.2) is 9.59 Å². The van der Waals surface area contributed by atoms with Crippen LogP contribution in [0.4, 0.5) is 0 Å². The Labute approximate surface area is 91.4 Å². The van der Waals surface area contributed by atoms with Crippen LogP contribution in [0.25, 0.3) is 0 Å². The van der Waals surface area contributed by atoms with Crippen LogP contribution >= 0.6 is 0 Å². The zero-order chi connectivity index (χ0) is 12.9. The molecule has 0 aliphatic carbocycles. The molecule has 0 aromatic heterocycles. The van der Waals surface area contributed by atoms with Gasteiger partial charge in [-0.2, -0.15) is 0 Å². The SMILES string of the molecule is CC(=O)CCC(NC(C)=O)(C(=O)O)C(=O)O. The van der Waals surface area contributed by atoms with Crippen molar-refractivity contribution < 1.29 is 29.4 Å². The van der Waals surface area contributed by atoms with Gasteiger partial charge in [0.1, 0.15) is 5.78 Å². The number of rotatable bonds is 6. The van der Waals surface area contributed by atoms with Gasteiger partial charge in [0, 0.05) is 13.3 Å². The Kier molecular flexibility index (Phi) is 4.61. The second kappa shape index (κ2) is 5.24. The van der Waals surface area contributed by atoms with Crippen LogP contribution < -0.4 is 5.32 Å². The molecule has 3 N–H and O–H groups in total. The maximum Gasteiger partial charge on any atom is 0.341 e. The molecular formula is C9H13NO6. The Morgan fingerprint density at radius 2 is 1.50 bits per heavy atom. The summed E-state index contributed by atoms with van der Waals surface area (Å²) in [5, 5.41) is 19.6. The van der Waals surface area contributed by atoms with Crippen LogP contribution in [-0.4, -0.2) is 39.4 Å². The number of carboxylic acid groups (broad SMARTS) is 2. The molecule has 0 aliphatic rings. The first kappa shape index (κ1) is 14.1. The predicted molar refractivity (Wildman–Crippen MR) is 51.7 cm³/mol. The number of aliphatic carboxylic acids is 2. The third-order valence-corrected chi connectivity index (χ3v) is 1.97. The van der Waals surface area contributed by atoms with E-state index >= 15 is 0 Å². The predicted octanol–water partition coefficient (Wildman–Crippen LogP) is -0.600. The van der Waals surface area contributed by atoms with E-state index in [1.165, 1.54) is 6.92 Å². The highest BCUT2D eigenvalue weighted by molar-refractivity contribution is 6.06. The lowest BCUT2D eigenvalue weighted by atomic mass is 9.92. The first-order valence-corrected chi connectivity index (χ1v) is 4.47. The lowest BCUT2D eigenvalue weighted by Gasteiger charge is -2.24. The standard InChI is InChI=1S/C9H13NO6/c1-5(11)3-4-9(7(13)14,8(15)16)10-6(2)12/h3-4H2,1-2H3,(H,10,12)(H,13,14)(H,15,16). The summed E-state index contributed by atoms with van der Waals surface area (Å²) in [6.07, 6.45) is -0.717. The van der Waals surface area contributed by atoms with Crippen LogP contribution in [0.2, 0.25) is 0 Å². The van der Waals surface area contributed by atoms with Crippen LogP contribution in [-0.2, 0) is 19.2 Å². The summed E-state index contributed by atoms with van der Waals surface area (Å²) >= 11 is 0. The molecule has 90 valence electrons. The van der Waals surface area contributed by atoms with E-state index in [1.807, 2.05) is 5.32 Å². The molecule has 0 aromatic rings. The van der Waals surface area contributed by atoms with Gasteiger partial charge in [-0.1, -0.05) is 0 Å². The average Bonchev–Trinajstić information content (AvgIpc) is 2.10. The number of hydrogen-bond acceptors (Lipinski definition) is 4. The third kappa shape index (κ3) is 3.34. The molecule has 1 amide bonds. The van der Waals surface area contributed by atoms with Crippen LogP contribution in [0.5, 0.6) is 0 Å². The van der Waals surface area contributed by atoms with Gasteiger partial charge in [0.05, 0.1) is 0 Å². The largest absolute Gasteiger partial charge is 0.479 e. The minimum Gasteiger partial charge on any atom is -0.479 e. The highest BCUT2D eigenvalue weighted by Gasteiger charge is 2.47. The summed E-state index contributed by atoms with van der Waals surface area (Å²) in [4.78, 5) is 43.3. The fraction of sp³-hybridized carbons (Fsp3) is 0.556. The van der Waals surface area contributed by atoms with Gasteiger partial charge in [0.15, 0.2) is 0 Å². The van der Waals surface area contributed by atoms with Crippen molar-refractivity contribution in [2.45, 2.75) is 32.2 Å². The molecule has 0 aliphatic heterocycles. The molecule has 0 atom stereocenters. The molecule has 0 bridgehead atoms. The van der Waals surface area contributed by atoms with E-state index in [0.29, 0.717) is 0 Å². The molecule has 0 heterocycles. The highest BCUT2D eigenvalue weighted by atomic mass is 16.4. The maximum atomic E-state index is 10.9. The summed E-state index contributed by atoms with van der Waals surface area (Å²) in [7, 11) is 0. The average molecular weight is 231 g/mol. The molecule has 0 fully saturated rings. The summed E-state index contributed by atoms with van der Waals surface area (Å²) in [6, 6.07) is 0. The summed E-state index contributed by atoms with van der Waals surface area (Å²) in [5.74, 6) is -4.53. The Morgan fingerprint density at radius 1 is 1.06 bits per heavy atom. The topological polar surface area (TPSA) is 121 Å². The van der Waals surface area contributed by atoms with E-state index in [2.05, 4.69) is 0 Å². The Bertz CT molecular complexity index is 321. The minimum absolute atomic E-state index is 0.237. The monoisotopic (exact) mass is 231 g/mol. The minimum atomic E-state index is -2.43. The number of ketones is 1. The van der Waals surface area contributed by atoms with Crippen molar-refractivity contribution >= 4 is 23.6 Å². The van der Waals surface area contributed by atoms with Crippen molar-refractivity contribution in [3.05, 3.63) is 0 Å². The second-order valence-corrected chi connectivity index (χ2v) is 3.40. The third-order valence-electron chi connectivity index (χ3n) is 1.97. The Balaban J connectivity index is 5.09. The zero-order valence-corrected chi connectivity index (χ0v) is 8.94. The molecule has 0 saturated heterocycles. The van der Waals surface area contributed by atoms with Gasteiger partial charge in [0.2, 0.25) is 11.4 Å². The molecule has 0 rings (SSSR count). The normalized spacial score (nSPS) is 10.6. The number of hydrogen-bond donors (Lipinski definition) is 3. The summed E-state index contributed by atoms with van der Waals surface area (Å²) < 4.78 is 0. The van der Waals surface area contributed by atoms with E-state index < -0.39 is 29.8 Å². The fourth-order valence-corrected chi connectivity index (χ4v) is 1.14. The molecule has 0 radical (unpaired) electrons. The smallest absolute Gasteiger partial charge is 0.341 e. The summed E-state index contributed by atoms with van der Waals surface area (Å²) in [5.41, 5.74) is -2.43. The molecule has 0 aromatic carbocycles. The van der Waals surface area contributed by atoms with Crippen molar-refractivity contribution in [2.75, 3.05) is 0 Å². The van der Waals surface area contributed by atoms with Crippen molar-refractivity contribution in [2.24, 2.45) is 0 Å². The molecule has 16 heavy (non-hydrogen) atoms. The molecule has 7 heteroatoms. The van der Waals surface area contributed by atoms with E-state index in [-0.39, 0.29) is 12.2 Å². The van der Waals surface area contributed by atoms with Crippen molar-refractivity contribution in [3.8, 4) is 0 Å². The molecule has 7 nitrogen and oxygen atoms in total. The van der Waals surface area contributed by atoms with Crippen LogP contribution in [0.15, 0.2) is 0 Å². The number of Topliss-reactive ketones (excluding diaryl/α,β-unsaturated/α-hetero) is 1. The number of carboxylic acids is 2. The van der Waals surface area contributed by atoms with E-state index in [0.717, 1.165) is 6.92 Å². The van der Waals surface area contributed by atoms with Gasteiger partial charge in [-0.05, 0) is 13.3 Å². The lowest BCUT2D eigenvalue weighted by Crippen LogP contribution is -2.59. The quantitative estimate of drug-likeness (QED) is 0.525. The first-order valence-electron chi connectivity index (χ1n) is 4.47. The van der Waals surface area contributed by atoms with Crippen molar-refractivity contribution in [3.63, 3.8) is 0 Å². The first-order chi connectivity index (χ1) is 7.22. The van der Waals surface area contributed by atoms with Gasteiger partial charge >= 0.3 is 11.9 Å². The van der Waals surface area contributed by atoms with Crippen LogP contribution in [0.1, 0.15) is 26.7 Å². The molecule has 0 saturated carbocycles. The molecule has 0 unspecified atom stereocenters. The number of amides is 1. The number of carbonyl (C=O) groups is 4. The van der Waals surface area contributed by atoms with Gasteiger partial charge < -0.3 is 20.3 Å². The second-order valence-electron chi connectivity index (χ2n) is 3.40. The van der Waals surface area contributed by atoms with Gasteiger partial charge in [-0.3, -0.25) is 4.79 Å². The zero-order valence-electron chi connectivity index (χ0n) is 8.94. The van der Waals surface area contributed by atoms with Crippen molar-refractivity contribution in [1.82, 2.24) is 5.32 Å². The Morgan fingerprint density at radius 3 is 1.75 bits per heavy atom. The maximum absolute atomic E-state index is 10.9. The van der Waals surface area contributed by atoms with Gasteiger partial charge in [-0.15, -0.1) is 0 Å². The van der Waals surface area contributed by atoms with Crippen LogP contribution in [0.3, 0.4) is 0 Å². The van der Waals surface area contributed by atoms with Crippen molar-refractivity contribution in [1.29, 1.82) is 0 Å². The fourth-order valence-electron chi connectivity index (χ4n) is 1.14. The summed E-state index contributed by atoms with van der Waals surface area (Å²) in [6.45, 7) is 2.22. The van der Waals surface area contributed by atoms with E-state index in [4.69, 9.17) is 10.2 Å². The Hall–Kier alpha value is -1.92. The number of nitrogens with one attached hydrogen (secondary N) is 1. The van der Waals surface area contributed by atoms with E-state index in [9.17, 15) is 19.2 Å². The molecule has 0 spiro atoms. The lowest BCUT2D eigenvalue weighted by molar-refractivity contribution is -0.161. The highest BCUT2D eigenvalue weighted by Crippen LogP contribution is 2.15. The molecular weight excluding hydrogens is 218 g/mol. The van der Waals surface area contributed by atoms with Crippen LogP contribution in [0, 0.1) is 0 Å².